The summed E-state index contributed by atoms with van der Waals surface area (Å²) in [5.74, 6) is 0.528. The van der Waals surface area contributed by atoms with E-state index in [4.69, 9.17) is 10.5 Å². The first kappa shape index (κ1) is 13.2. The molecule has 2 aromatic rings. The molecule has 0 aliphatic heterocycles. The molecule has 0 aliphatic carbocycles. The van der Waals surface area contributed by atoms with Gasteiger partial charge in [-0.05, 0) is 24.3 Å². The number of nitrogens with zero attached hydrogens (tertiary/aromatic N) is 6. The molecule has 7 heteroatoms. The maximum atomic E-state index is 8.65. The zero-order chi connectivity index (χ0) is 14.4. The van der Waals surface area contributed by atoms with E-state index in [0.29, 0.717) is 12.4 Å². The Morgan fingerprint density at radius 2 is 2.20 bits per heavy atom. The van der Waals surface area contributed by atoms with E-state index in [2.05, 4.69) is 20.7 Å². The Balaban J connectivity index is 2.23. The molecule has 20 heavy (non-hydrogen) atoms. The molecule has 0 spiro atoms. The minimum Gasteiger partial charge on any atom is -0.360 e. The van der Waals surface area contributed by atoms with Crippen LogP contribution in [0.3, 0.4) is 0 Å². The van der Waals surface area contributed by atoms with Gasteiger partial charge in [0.1, 0.15) is 17.7 Å². The van der Waals surface area contributed by atoms with Crippen molar-refractivity contribution in [2.75, 3.05) is 5.32 Å². The van der Waals surface area contributed by atoms with Crippen molar-refractivity contribution < 1.29 is 0 Å². The van der Waals surface area contributed by atoms with E-state index in [1.807, 2.05) is 31.2 Å². The van der Waals surface area contributed by atoms with E-state index in [0.717, 1.165) is 11.3 Å². The van der Waals surface area contributed by atoms with E-state index in [1.54, 1.807) is 12.1 Å². The predicted octanol–water partition coefficient (Wildman–Crippen LogP) is 1.70. The fraction of sp³-hybridized carbons (Fsp3) is 0.154. The van der Waals surface area contributed by atoms with E-state index in [-0.39, 0.29) is 5.57 Å². The van der Waals surface area contributed by atoms with Crippen LogP contribution in [0.5, 0.6) is 0 Å². The van der Waals surface area contributed by atoms with Crippen molar-refractivity contribution in [1.82, 2.24) is 20.2 Å². The maximum Gasteiger partial charge on any atom is 0.204 e. The molecule has 0 saturated heterocycles. The Morgan fingerprint density at radius 3 is 2.85 bits per heavy atom. The molecule has 1 aromatic heterocycles. The fourth-order valence-corrected chi connectivity index (χ4v) is 1.49. The van der Waals surface area contributed by atoms with Gasteiger partial charge in [-0.3, -0.25) is 0 Å². The molecule has 0 unspecified atom stereocenters. The Kier molecular flexibility index (Phi) is 4.05. The van der Waals surface area contributed by atoms with Crippen molar-refractivity contribution in [1.29, 1.82) is 10.5 Å². The Hall–Kier alpha value is -3.19. The normalized spacial score (nSPS) is 9.35. The summed E-state index contributed by atoms with van der Waals surface area (Å²) < 4.78 is 0. The minimum atomic E-state index is 0.00505. The lowest BCUT2D eigenvalue weighted by Crippen LogP contribution is -1.98. The summed E-state index contributed by atoms with van der Waals surface area (Å²) in [6, 6.07) is 10.9. The number of aryl methyl sites for hydroxylation is 1. The number of allylic oxidation sites excluding steroid dienone is 1. The van der Waals surface area contributed by atoms with Gasteiger partial charge in [-0.25, -0.2) is 0 Å². The zero-order valence-corrected chi connectivity index (χ0v) is 10.8. The second kappa shape index (κ2) is 6.12. The van der Waals surface area contributed by atoms with Crippen molar-refractivity contribution in [2.24, 2.45) is 0 Å². The van der Waals surface area contributed by atoms with E-state index < -0.39 is 0 Å². The van der Waals surface area contributed by atoms with Crippen LogP contribution in [-0.4, -0.2) is 20.2 Å². The smallest absolute Gasteiger partial charge is 0.204 e. The van der Waals surface area contributed by atoms with Crippen molar-refractivity contribution in [3.63, 3.8) is 0 Å². The molecule has 7 nitrogen and oxygen atoms in total. The van der Waals surface area contributed by atoms with Crippen LogP contribution in [0.2, 0.25) is 0 Å². The van der Waals surface area contributed by atoms with Crippen LogP contribution in [0, 0.1) is 22.7 Å². The molecule has 1 heterocycles. The highest BCUT2D eigenvalue weighted by Crippen LogP contribution is 2.18. The summed E-state index contributed by atoms with van der Waals surface area (Å²) in [4.78, 5) is 1.50. The highest BCUT2D eigenvalue weighted by Gasteiger charge is 2.05. The topological polar surface area (TPSA) is 103 Å². The number of rotatable bonds is 4. The number of hydrogen-bond donors (Lipinski definition) is 1. The Bertz CT molecular complexity index is 699. The lowest BCUT2D eigenvalue weighted by molar-refractivity contribution is 0.553. The van der Waals surface area contributed by atoms with Gasteiger partial charge in [0.05, 0.1) is 6.54 Å². The average Bonchev–Trinajstić information content (AvgIpc) is 2.97. The molecular formula is C13H11N7. The van der Waals surface area contributed by atoms with Gasteiger partial charge in [0.25, 0.3) is 0 Å². The molecule has 0 fully saturated rings. The fourth-order valence-electron chi connectivity index (χ4n) is 1.49. The molecule has 0 atom stereocenters. The van der Waals surface area contributed by atoms with E-state index >= 15 is 0 Å². The van der Waals surface area contributed by atoms with Gasteiger partial charge in [0, 0.05) is 17.5 Å². The molecule has 1 N–H and O–H groups in total. The van der Waals surface area contributed by atoms with Crippen LogP contribution < -0.4 is 5.32 Å². The van der Waals surface area contributed by atoms with Crippen LogP contribution in [-0.2, 0) is 6.54 Å². The average molecular weight is 265 g/mol. The predicted molar refractivity (Wildman–Crippen MR) is 71.9 cm³/mol. The summed E-state index contributed by atoms with van der Waals surface area (Å²) in [6.07, 6.45) is 1.36. The molecular weight excluding hydrogens is 254 g/mol. The first-order valence-corrected chi connectivity index (χ1v) is 5.92. The van der Waals surface area contributed by atoms with Crippen LogP contribution in [0.25, 0.3) is 11.4 Å². The lowest BCUT2D eigenvalue weighted by atomic mass is 10.2. The Labute approximate surface area is 115 Å². The molecule has 1 aromatic carbocycles. The monoisotopic (exact) mass is 265 g/mol. The van der Waals surface area contributed by atoms with Crippen molar-refractivity contribution in [3.8, 4) is 23.5 Å². The maximum absolute atomic E-state index is 8.65. The number of anilines is 1. The lowest BCUT2D eigenvalue weighted by Gasteiger charge is -2.02. The summed E-state index contributed by atoms with van der Waals surface area (Å²) in [6.45, 7) is 2.58. The number of benzene rings is 1. The van der Waals surface area contributed by atoms with Gasteiger partial charge in [-0.2, -0.15) is 15.3 Å². The van der Waals surface area contributed by atoms with Gasteiger partial charge in [-0.15, -0.1) is 10.2 Å². The molecule has 0 aliphatic rings. The Morgan fingerprint density at radius 1 is 1.40 bits per heavy atom. The summed E-state index contributed by atoms with van der Waals surface area (Å²) in [7, 11) is 0. The molecule has 0 saturated carbocycles. The highest BCUT2D eigenvalue weighted by molar-refractivity contribution is 5.62. The zero-order valence-electron chi connectivity index (χ0n) is 10.8. The van der Waals surface area contributed by atoms with Crippen LogP contribution in [0.15, 0.2) is 36.0 Å². The minimum absolute atomic E-state index is 0.00505. The van der Waals surface area contributed by atoms with E-state index in [9.17, 15) is 0 Å². The first-order valence-electron chi connectivity index (χ1n) is 5.92. The number of hydrogen-bond acceptors (Lipinski definition) is 6. The standard InChI is InChI=1S/C13H11N7/c1-2-20-18-13(17-19-20)11-4-3-5-12(6-11)16-9-10(7-14)8-15/h3-6,9,16H,2H2,1H3. The van der Waals surface area contributed by atoms with Gasteiger partial charge in [0.2, 0.25) is 5.82 Å². The number of aromatic nitrogens is 4. The summed E-state index contributed by atoms with van der Waals surface area (Å²) in [5, 5.41) is 32.3. The third-order valence-corrected chi connectivity index (χ3v) is 2.48. The molecule has 2 rings (SSSR count). The number of nitriles is 2. The van der Waals surface area contributed by atoms with E-state index in [1.165, 1.54) is 11.0 Å². The summed E-state index contributed by atoms with van der Waals surface area (Å²) in [5.41, 5.74) is 1.54. The number of tetrazole rings is 1. The van der Waals surface area contributed by atoms with Gasteiger partial charge in [0.15, 0.2) is 0 Å². The van der Waals surface area contributed by atoms with Gasteiger partial charge >= 0.3 is 0 Å². The van der Waals surface area contributed by atoms with Gasteiger partial charge in [-0.1, -0.05) is 12.1 Å². The van der Waals surface area contributed by atoms with Crippen molar-refractivity contribution >= 4 is 5.69 Å². The molecule has 98 valence electrons. The van der Waals surface area contributed by atoms with Crippen molar-refractivity contribution in [3.05, 3.63) is 36.0 Å². The second-order valence-corrected chi connectivity index (χ2v) is 3.81. The van der Waals surface area contributed by atoms with Crippen LogP contribution in [0.1, 0.15) is 6.92 Å². The third-order valence-electron chi connectivity index (χ3n) is 2.48. The SMILES string of the molecule is CCn1nnc(-c2cccc(NC=C(C#N)C#N)c2)n1. The second-order valence-electron chi connectivity index (χ2n) is 3.81. The number of nitrogens with one attached hydrogen (secondary N) is 1. The summed E-state index contributed by atoms with van der Waals surface area (Å²) >= 11 is 0. The quantitative estimate of drug-likeness (QED) is 0.844. The van der Waals surface area contributed by atoms with Crippen LogP contribution in [0.4, 0.5) is 5.69 Å². The van der Waals surface area contributed by atoms with Gasteiger partial charge < -0.3 is 5.32 Å². The van der Waals surface area contributed by atoms with Crippen LogP contribution >= 0.6 is 0 Å². The molecule has 0 radical (unpaired) electrons. The third kappa shape index (κ3) is 2.98. The molecule has 0 amide bonds. The largest absolute Gasteiger partial charge is 0.360 e. The highest BCUT2D eigenvalue weighted by atomic mass is 15.6. The molecule has 0 bridgehead atoms. The first-order chi connectivity index (χ1) is 9.76. The van der Waals surface area contributed by atoms with Crippen molar-refractivity contribution in [2.45, 2.75) is 13.5 Å².